The van der Waals surface area contributed by atoms with Gasteiger partial charge in [-0.2, -0.15) is 0 Å². The fourth-order valence-electron chi connectivity index (χ4n) is 1.66. The smallest absolute Gasteiger partial charge is 0.168 e. The van der Waals surface area contributed by atoms with Crippen molar-refractivity contribution >= 4 is 29.0 Å². The molecule has 2 nitrogen and oxygen atoms in total. The van der Waals surface area contributed by atoms with Gasteiger partial charge in [0.2, 0.25) is 0 Å². The van der Waals surface area contributed by atoms with Crippen molar-refractivity contribution in [3.8, 4) is 5.75 Å². The molecule has 16 heavy (non-hydrogen) atoms. The molecule has 1 aromatic carbocycles. The van der Waals surface area contributed by atoms with E-state index in [1.54, 1.807) is 13.2 Å². The van der Waals surface area contributed by atoms with Crippen molar-refractivity contribution in [2.24, 2.45) is 0 Å². The Labute approximate surface area is 106 Å². The number of hydrogen-bond donors (Lipinski definition) is 0. The largest absolute Gasteiger partial charge is 0.496 e. The first-order valence-electron chi connectivity index (χ1n) is 4.95. The molecule has 0 spiro atoms. The molecule has 0 saturated carbocycles. The van der Waals surface area contributed by atoms with Gasteiger partial charge in [-0.25, -0.2) is 0 Å². The summed E-state index contributed by atoms with van der Waals surface area (Å²) in [5, 5.41) is 0.580. The third-order valence-corrected chi connectivity index (χ3v) is 3.05. The van der Waals surface area contributed by atoms with Crippen LogP contribution < -0.4 is 4.74 Å². The first-order valence-corrected chi connectivity index (χ1v) is 5.87. The van der Waals surface area contributed by atoms with Gasteiger partial charge in [0.25, 0.3) is 0 Å². The van der Waals surface area contributed by atoms with E-state index < -0.39 is 0 Å². The average Bonchev–Trinajstić information content (AvgIpc) is 2.23. The number of aryl methyl sites for hydroxylation is 1. The van der Waals surface area contributed by atoms with E-state index in [2.05, 4.69) is 0 Å². The quantitative estimate of drug-likeness (QED) is 0.609. The molecule has 4 heteroatoms. The molecule has 0 saturated heterocycles. The third-order valence-electron chi connectivity index (χ3n) is 2.47. The van der Waals surface area contributed by atoms with Crippen LogP contribution in [0.25, 0.3) is 0 Å². The van der Waals surface area contributed by atoms with Gasteiger partial charge in [-0.05, 0) is 31.0 Å². The van der Waals surface area contributed by atoms with Crippen LogP contribution in [0, 0.1) is 13.8 Å². The van der Waals surface area contributed by atoms with Crippen LogP contribution in [0.4, 0.5) is 0 Å². The highest BCUT2D eigenvalue weighted by Gasteiger charge is 2.19. The molecule has 0 aliphatic rings. The Morgan fingerprint density at radius 3 is 2.56 bits per heavy atom. The number of carbonyl (C=O) groups is 1. The zero-order chi connectivity index (χ0) is 12.3. The number of ether oxygens (including phenoxy) is 1. The van der Waals surface area contributed by atoms with Gasteiger partial charge in [-0.1, -0.05) is 11.6 Å². The summed E-state index contributed by atoms with van der Waals surface area (Å²) in [7, 11) is 1.55. The number of Topliss-reactive ketones (excluding diaryl/α,β-unsaturated/α-hetero) is 1. The monoisotopic (exact) mass is 260 g/mol. The Morgan fingerprint density at radius 2 is 2.06 bits per heavy atom. The van der Waals surface area contributed by atoms with Crippen LogP contribution in [0.2, 0.25) is 5.02 Å². The second-order valence-corrected chi connectivity index (χ2v) is 4.36. The average molecular weight is 261 g/mol. The fraction of sp³-hybridized carbons (Fsp3) is 0.417. The van der Waals surface area contributed by atoms with E-state index in [0.717, 1.165) is 11.1 Å². The molecule has 0 aliphatic heterocycles. The van der Waals surface area contributed by atoms with Crippen molar-refractivity contribution < 1.29 is 9.53 Å². The van der Waals surface area contributed by atoms with Gasteiger partial charge in [-0.15, -0.1) is 11.6 Å². The molecule has 0 aliphatic carbocycles. The van der Waals surface area contributed by atoms with E-state index in [1.807, 2.05) is 13.8 Å². The third kappa shape index (κ3) is 2.50. The number of ketones is 1. The van der Waals surface area contributed by atoms with Crippen molar-refractivity contribution in [3.05, 3.63) is 27.8 Å². The number of rotatable bonds is 4. The van der Waals surface area contributed by atoms with E-state index in [1.165, 1.54) is 0 Å². The highest BCUT2D eigenvalue weighted by molar-refractivity contribution is 6.32. The first-order chi connectivity index (χ1) is 7.52. The fourth-order valence-corrected chi connectivity index (χ4v) is 2.09. The van der Waals surface area contributed by atoms with Gasteiger partial charge in [0.05, 0.1) is 12.7 Å². The van der Waals surface area contributed by atoms with Crippen LogP contribution in [0.3, 0.4) is 0 Å². The Balaban J connectivity index is 3.38. The van der Waals surface area contributed by atoms with Crippen LogP contribution in [0.1, 0.15) is 27.9 Å². The summed E-state index contributed by atoms with van der Waals surface area (Å²) in [6.07, 6.45) is 0.290. The predicted molar refractivity (Wildman–Crippen MR) is 67.1 cm³/mol. The van der Waals surface area contributed by atoms with Gasteiger partial charge in [0.15, 0.2) is 5.78 Å². The number of hydrogen-bond acceptors (Lipinski definition) is 2. The molecular formula is C12H14Cl2O2. The van der Waals surface area contributed by atoms with Crippen LogP contribution in [-0.2, 0) is 0 Å². The second-order valence-electron chi connectivity index (χ2n) is 3.57. The lowest BCUT2D eigenvalue weighted by molar-refractivity contribution is 0.0985. The normalized spacial score (nSPS) is 10.3. The highest BCUT2D eigenvalue weighted by Crippen LogP contribution is 2.32. The summed E-state index contributed by atoms with van der Waals surface area (Å²) >= 11 is 11.6. The number of carbonyl (C=O) groups excluding carboxylic acids is 1. The van der Waals surface area contributed by atoms with E-state index >= 15 is 0 Å². The minimum absolute atomic E-state index is 0.0325. The van der Waals surface area contributed by atoms with Crippen molar-refractivity contribution in [2.75, 3.05) is 13.0 Å². The lowest BCUT2D eigenvalue weighted by Crippen LogP contribution is -2.07. The van der Waals surface area contributed by atoms with Crippen LogP contribution in [-0.4, -0.2) is 18.8 Å². The SMILES string of the molecule is COc1c(C)cc(Cl)c(C)c1C(=O)CCCl. The number of halogens is 2. The Hall–Kier alpha value is -0.730. The van der Waals surface area contributed by atoms with E-state index in [9.17, 15) is 4.79 Å². The Kier molecular flexibility index (Phi) is 4.63. The summed E-state index contributed by atoms with van der Waals surface area (Å²) in [5.74, 6) is 0.861. The first kappa shape index (κ1) is 13.3. The van der Waals surface area contributed by atoms with Gasteiger partial charge in [0.1, 0.15) is 5.75 Å². The van der Waals surface area contributed by atoms with E-state index in [-0.39, 0.29) is 5.78 Å². The van der Waals surface area contributed by atoms with Crippen molar-refractivity contribution in [3.63, 3.8) is 0 Å². The number of methoxy groups -OCH3 is 1. The van der Waals surface area contributed by atoms with E-state index in [4.69, 9.17) is 27.9 Å². The van der Waals surface area contributed by atoms with Gasteiger partial charge in [-0.3, -0.25) is 4.79 Å². The minimum atomic E-state index is -0.0325. The molecule has 0 unspecified atom stereocenters. The zero-order valence-corrected chi connectivity index (χ0v) is 11.1. The van der Waals surface area contributed by atoms with Crippen LogP contribution >= 0.6 is 23.2 Å². The molecule has 1 aromatic rings. The predicted octanol–water partition coefficient (Wildman–Crippen LogP) is 3.78. The maximum atomic E-state index is 11.9. The molecule has 1 rings (SSSR count). The molecule has 0 atom stereocenters. The van der Waals surface area contributed by atoms with Gasteiger partial charge >= 0.3 is 0 Å². The standard InChI is InChI=1S/C12H14Cl2O2/c1-7-6-9(14)8(2)11(12(7)16-3)10(15)4-5-13/h6H,4-5H2,1-3H3. The molecule has 0 aromatic heterocycles. The van der Waals surface area contributed by atoms with Crippen LogP contribution in [0.15, 0.2) is 6.07 Å². The lowest BCUT2D eigenvalue weighted by atomic mass is 9.98. The molecule has 0 fully saturated rings. The topological polar surface area (TPSA) is 26.3 Å². The van der Waals surface area contributed by atoms with Crippen molar-refractivity contribution in [1.82, 2.24) is 0 Å². The maximum absolute atomic E-state index is 11.9. The van der Waals surface area contributed by atoms with Crippen molar-refractivity contribution in [2.45, 2.75) is 20.3 Å². The van der Waals surface area contributed by atoms with Crippen molar-refractivity contribution in [1.29, 1.82) is 0 Å². The molecule has 88 valence electrons. The Bertz CT molecular complexity index is 414. The number of alkyl halides is 1. The van der Waals surface area contributed by atoms with Crippen LogP contribution in [0.5, 0.6) is 5.75 Å². The molecule has 0 amide bonds. The molecule has 0 heterocycles. The minimum Gasteiger partial charge on any atom is -0.496 e. The summed E-state index contributed by atoms with van der Waals surface area (Å²) in [5.41, 5.74) is 2.16. The summed E-state index contributed by atoms with van der Waals surface area (Å²) < 4.78 is 5.26. The second kappa shape index (κ2) is 5.55. The summed E-state index contributed by atoms with van der Waals surface area (Å²) in [6.45, 7) is 3.67. The summed E-state index contributed by atoms with van der Waals surface area (Å²) in [4.78, 5) is 11.9. The zero-order valence-electron chi connectivity index (χ0n) is 9.56. The summed E-state index contributed by atoms with van der Waals surface area (Å²) in [6, 6.07) is 1.80. The molecule has 0 radical (unpaired) electrons. The van der Waals surface area contributed by atoms with E-state index in [0.29, 0.717) is 28.6 Å². The lowest BCUT2D eigenvalue weighted by Gasteiger charge is -2.14. The maximum Gasteiger partial charge on any atom is 0.168 e. The Morgan fingerprint density at radius 1 is 1.44 bits per heavy atom. The highest BCUT2D eigenvalue weighted by atomic mass is 35.5. The number of benzene rings is 1. The van der Waals surface area contributed by atoms with Gasteiger partial charge < -0.3 is 4.74 Å². The van der Waals surface area contributed by atoms with Gasteiger partial charge in [0, 0.05) is 17.3 Å². The molecule has 0 N–H and O–H groups in total. The molecular weight excluding hydrogens is 247 g/mol. The molecule has 0 bridgehead atoms.